The third-order valence-corrected chi connectivity index (χ3v) is 9.52. The van der Waals surface area contributed by atoms with Gasteiger partial charge in [0.2, 0.25) is 5.91 Å². The molecule has 0 bridgehead atoms. The van der Waals surface area contributed by atoms with E-state index in [0.29, 0.717) is 16.0 Å². The van der Waals surface area contributed by atoms with Gasteiger partial charge in [0.1, 0.15) is 5.60 Å². The topological polar surface area (TPSA) is 80.2 Å². The van der Waals surface area contributed by atoms with Crippen molar-refractivity contribution in [3.8, 4) is 33.8 Å². The van der Waals surface area contributed by atoms with Gasteiger partial charge in [-0.05, 0) is 49.4 Å². The Labute approximate surface area is 238 Å². The van der Waals surface area contributed by atoms with Crippen LogP contribution in [0.15, 0.2) is 24.4 Å². The molecule has 0 radical (unpaired) electrons. The molecule has 2 fully saturated rings. The number of anilines is 1. The number of methoxy groups -OCH3 is 1. The lowest BCUT2D eigenvalue weighted by molar-refractivity contribution is -0.114. The Hall–Kier alpha value is -2.83. The van der Waals surface area contributed by atoms with Crippen molar-refractivity contribution in [2.24, 2.45) is 0 Å². The van der Waals surface area contributed by atoms with Gasteiger partial charge in [-0.15, -0.1) is 0 Å². The van der Waals surface area contributed by atoms with E-state index in [4.69, 9.17) is 21.3 Å². The first-order valence-electron chi connectivity index (χ1n) is 13.7. The van der Waals surface area contributed by atoms with Gasteiger partial charge in [-0.25, -0.2) is 15.0 Å². The van der Waals surface area contributed by atoms with E-state index in [1.807, 2.05) is 24.4 Å². The molecule has 3 aliphatic rings. The Morgan fingerprint density at radius 2 is 2.00 bits per heavy atom. The van der Waals surface area contributed by atoms with Crippen molar-refractivity contribution >= 4 is 34.0 Å². The normalized spacial score (nSPS) is 18.6. The number of nitrogens with zero attached hydrogens (tertiary/aromatic N) is 4. The Morgan fingerprint density at radius 1 is 1.21 bits per heavy atom. The zero-order chi connectivity index (χ0) is 27.0. The Kier molecular flexibility index (Phi) is 7.43. The van der Waals surface area contributed by atoms with Crippen molar-refractivity contribution in [2.75, 3.05) is 25.5 Å². The summed E-state index contributed by atoms with van der Waals surface area (Å²) < 4.78 is 5.99. The molecule has 1 N–H and O–H groups in total. The predicted molar refractivity (Wildman–Crippen MR) is 155 cm³/mol. The minimum Gasteiger partial charge on any atom is -0.365 e. The van der Waals surface area contributed by atoms with Crippen molar-refractivity contribution in [1.29, 1.82) is 0 Å². The Bertz CT molecular complexity index is 1460. The maximum Gasteiger partial charge on any atom is 0.223 e. The van der Waals surface area contributed by atoms with E-state index in [2.05, 4.69) is 32.0 Å². The third kappa shape index (κ3) is 5.46. The van der Waals surface area contributed by atoms with Gasteiger partial charge >= 0.3 is 0 Å². The summed E-state index contributed by atoms with van der Waals surface area (Å²) in [5.74, 6) is 7.26. The molecule has 9 heteroatoms. The monoisotopic (exact) mass is 561 g/mol. The molecular formula is C30H32ClN5O2S. The van der Waals surface area contributed by atoms with Gasteiger partial charge in [0.15, 0.2) is 11.0 Å². The first kappa shape index (κ1) is 26.4. The number of likely N-dealkylation sites (tertiary alicyclic amines) is 1. The standard InChI is InChI=1S/C30H32ClN5O2S/c1-19(37)33-29-34-25-10-8-21-18-32-28(35-26(21)27(25)39-29)23-17-20(7-9-24(23)31)11-12-30(38-2)13-15-36(16-14-30)22-5-3-4-6-22/h7,9,17-18,22H,3-6,8,10,13-16H2,1-2H3,(H,33,34,37). The van der Waals surface area contributed by atoms with Gasteiger partial charge in [0.25, 0.3) is 0 Å². The second-order valence-electron chi connectivity index (χ2n) is 10.7. The smallest absolute Gasteiger partial charge is 0.223 e. The minimum absolute atomic E-state index is 0.135. The average Bonchev–Trinajstić information content (AvgIpc) is 3.63. The van der Waals surface area contributed by atoms with Crippen LogP contribution in [0.25, 0.3) is 22.0 Å². The maximum atomic E-state index is 11.5. The number of aryl methyl sites for hydroxylation is 2. The highest BCUT2D eigenvalue weighted by atomic mass is 35.5. The highest BCUT2D eigenvalue weighted by Gasteiger charge is 2.36. The molecule has 1 aliphatic heterocycles. The molecular weight excluding hydrogens is 530 g/mol. The maximum absolute atomic E-state index is 11.5. The van der Waals surface area contributed by atoms with Crippen LogP contribution in [0.1, 0.15) is 62.3 Å². The number of aromatic nitrogens is 3. The molecule has 0 atom stereocenters. The number of piperidine rings is 1. The van der Waals surface area contributed by atoms with Crippen LogP contribution < -0.4 is 5.32 Å². The van der Waals surface area contributed by atoms with Crippen LogP contribution in [0, 0.1) is 11.8 Å². The Morgan fingerprint density at radius 3 is 2.74 bits per heavy atom. The summed E-state index contributed by atoms with van der Waals surface area (Å²) in [7, 11) is 1.78. The van der Waals surface area contributed by atoms with Gasteiger partial charge < -0.3 is 15.0 Å². The second kappa shape index (κ2) is 11.0. The second-order valence-corrected chi connectivity index (χ2v) is 12.1. The van der Waals surface area contributed by atoms with Crippen molar-refractivity contribution in [3.05, 3.63) is 46.2 Å². The number of thiazole rings is 1. The first-order chi connectivity index (χ1) is 18.9. The summed E-state index contributed by atoms with van der Waals surface area (Å²) >= 11 is 8.09. The van der Waals surface area contributed by atoms with Crippen LogP contribution >= 0.6 is 22.9 Å². The number of carbonyl (C=O) groups excluding carboxylic acids is 1. The lowest BCUT2D eigenvalue weighted by Crippen LogP contribution is -2.47. The molecule has 7 nitrogen and oxygen atoms in total. The number of halogens is 1. The fourth-order valence-electron chi connectivity index (χ4n) is 5.94. The number of amides is 1. The number of nitrogens with one attached hydrogen (secondary N) is 1. The van der Waals surface area contributed by atoms with Crippen LogP contribution in [0.5, 0.6) is 0 Å². The van der Waals surface area contributed by atoms with Crippen LogP contribution in [0.2, 0.25) is 5.02 Å². The lowest BCUT2D eigenvalue weighted by atomic mass is 9.90. The summed E-state index contributed by atoms with van der Waals surface area (Å²) in [6, 6.07) is 6.50. The molecule has 0 unspecified atom stereocenters. The van der Waals surface area contributed by atoms with E-state index in [1.165, 1.54) is 43.9 Å². The molecule has 2 aromatic heterocycles. The number of hydrogen-bond acceptors (Lipinski definition) is 7. The lowest BCUT2D eigenvalue weighted by Gasteiger charge is -2.40. The van der Waals surface area contributed by atoms with E-state index in [9.17, 15) is 4.79 Å². The van der Waals surface area contributed by atoms with Gasteiger partial charge in [-0.3, -0.25) is 4.79 Å². The average molecular weight is 562 g/mol. The highest BCUT2D eigenvalue weighted by molar-refractivity contribution is 7.19. The van der Waals surface area contributed by atoms with Crippen molar-refractivity contribution in [3.63, 3.8) is 0 Å². The molecule has 202 valence electrons. The number of ether oxygens (including phenoxy) is 1. The number of rotatable bonds is 4. The zero-order valence-corrected chi connectivity index (χ0v) is 23.9. The summed E-state index contributed by atoms with van der Waals surface area (Å²) in [5.41, 5.74) is 4.06. The molecule has 2 aliphatic carbocycles. The molecule has 3 heterocycles. The van der Waals surface area contributed by atoms with Crippen LogP contribution in [0.4, 0.5) is 5.13 Å². The zero-order valence-electron chi connectivity index (χ0n) is 22.3. The van der Waals surface area contributed by atoms with Gasteiger partial charge in [0.05, 0.1) is 21.3 Å². The number of hydrogen-bond donors (Lipinski definition) is 1. The van der Waals surface area contributed by atoms with E-state index in [1.54, 1.807) is 7.11 Å². The molecule has 1 saturated heterocycles. The molecule has 39 heavy (non-hydrogen) atoms. The minimum atomic E-state index is -0.425. The molecule has 1 aromatic carbocycles. The molecule has 1 saturated carbocycles. The van der Waals surface area contributed by atoms with E-state index < -0.39 is 5.60 Å². The van der Waals surface area contributed by atoms with E-state index in [-0.39, 0.29) is 5.91 Å². The van der Waals surface area contributed by atoms with Crippen LogP contribution in [0.3, 0.4) is 0 Å². The van der Waals surface area contributed by atoms with Gasteiger partial charge in [-0.2, -0.15) is 0 Å². The summed E-state index contributed by atoms with van der Waals surface area (Å²) in [6.45, 7) is 3.55. The molecule has 3 aromatic rings. The quantitative estimate of drug-likeness (QED) is 0.408. The fraction of sp³-hybridized carbons (Fsp3) is 0.467. The Balaban J connectivity index is 1.26. The van der Waals surface area contributed by atoms with Gasteiger partial charge in [0, 0.05) is 63.3 Å². The van der Waals surface area contributed by atoms with Crippen LogP contribution in [-0.4, -0.2) is 57.6 Å². The van der Waals surface area contributed by atoms with Gasteiger partial charge in [-0.1, -0.05) is 47.6 Å². The largest absolute Gasteiger partial charge is 0.365 e. The number of benzene rings is 1. The van der Waals surface area contributed by atoms with Crippen molar-refractivity contribution < 1.29 is 9.53 Å². The summed E-state index contributed by atoms with van der Waals surface area (Å²) in [4.78, 5) is 29.3. The molecule has 6 rings (SSSR count). The SMILES string of the molecule is COC1(C#Cc2ccc(Cl)c(-c3ncc4c(n3)-c3sc(NC(C)=O)nc3CC4)c2)CCN(C2CCCC2)CC1. The fourth-order valence-corrected chi connectivity index (χ4v) is 7.22. The molecule has 0 spiro atoms. The van der Waals surface area contributed by atoms with E-state index >= 15 is 0 Å². The number of carbonyl (C=O) groups is 1. The van der Waals surface area contributed by atoms with E-state index in [0.717, 1.165) is 77.8 Å². The van der Waals surface area contributed by atoms with Crippen LogP contribution in [-0.2, 0) is 22.4 Å². The molecule has 1 amide bonds. The predicted octanol–water partition coefficient (Wildman–Crippen LogP) is 5.75. The summed E-state index contributed by atoms with van der Waals surface area (Å²) in [5, 5.41) is 3.97. The van der Waals surface area contributed by atoms with Crippen molar-refractivity contribution in [1.82, 2.24) is 19.9 Å². The first-order valence-corrected chi connectivity index (χ1v) is 14.9. The summed E-state index contributed by atoms with van der Waals surface area (Å²) in [6.07, 6.45) is 10.7. The number of fused-ring (bicyclic) bond motifs is 3. The van der Waals surface area contributed by atoms with Crippen molar-refractivity contribution in [2.45, 2.75) is 69.9 Å². The highest BCUT2D eigenvalue weighted by Crippen LogP contribution is 2.39. The third-order valence-electron chi connectivity index (χ3n) is 8.17.